The van der Waals surface area contributed by atoms with Crippen LogP contribution in [0.1, 0.15) is 25.6 Å². The van der Waals surface area contributed by atoms with Crippen molar-refractivity contribution in [3.63, 3.8) is 0 Å². The molecule has 0 aromatic carbocycles. The minimum absolute atomic E-state index is 0.0570. The van der Waals surface area contributed by atoms with Gasteiger partial charge >= 0.3 is 0 Å². The average molecular weight is 279 g/mol. The second kappa shape index (κ2) is 6.74. The summed E-state index contributed by atoms with van der Waals surface area (Å²) in [6.07, 6.45) is 6.05. The third-order valence-electron chi connectivity index (χ3n) is 3.72. The predicted octanol–water partition coefficient (Wildman–Crippen LogP) is 0.926. The number of ether oxygens (including phenoxy) is 1. The van der Waals surface area contributed by atoms with Gasteiger partial charge in [-0.2, -0.15) is 0 Å². The molecule has 0 amide bonds. The number of aryl methyl sites for hydroxylation is 1. The van der Waals surface area contributed by atoms with Gasteiger partial charge in [-0.25, -0.2) is 4.98 Å². The number of rotatable bonds is 5. The molecule has 6 heteroatoms. The summed E-state index contributed by atoms with van der Waals surface area (Å²) in [5.74, 6) is 1.85. The van der Waals surface area contributed by atoms with Crippen LogP contribution in [0.5, 0.6) is 0 Å². The summed E-state index contributed by atoms with van der Waals surface area (Å²) in [6.45, 7) is 7.50. The van der Waals surface area contributed by atoms with Gasteiger partial charge in [0.1, 0.15) is 5.82 Å². The molecule has 0 saturated carbocycles. The number of nitrogens with one attached hydrogen (secondary N) is 2. The lowest BCUT2D eigenvalue weighted by molar-refractivity contribution is 0.0243. The first kappa shape index (κ1) is 14.8. The van der Waals surface area contributed by atoms with Crippen molar-refractivity contribution in [1.29, 1.82) is 0 Å². The molecule has 1 atom stereocenters. The van der Waals surface area contributed by atoms with Crippen LogP contribution in [0.4, 0.5) is 0 Å². The average Bonchev–Trinajstić information content (AvgIpc) is 3.04. The number of hydrogen-bond donors (Lipinski definition) is 2. The molecule has 112 valence electrons. The second-order valence-electron chi connectivity index (χ2n) is 5.42. The van der Waals surface area contributed by atoms with Gasteiger partial charge in [-0.05, 0) is 26.7 Å². The van der Waals surface area contributed by atoms with Gasteiger partial charge in [-0.3, -0.25) is 4.99 Å². The molecule has 2 rings (SSSR count). The van der Waals surface area contributed by atoms with Gasteiger partial charge in [0.15, 0.2) is 5.96 Å². The van der Waals surface area contributed by atoms with Crippen molar-refractivity contribution < 1.29 is 4.74 Å². The Morgan fingerprint density at radius 3 is 3.00 bits per heavy atom. The van der Waals surface area contributed by atoms with Gasteiger partial charge in [0.25, 0.3) is 0 Å². The van der Waals surface area contributed by atoms with Crippen molar-refractivity contribution >= 4 is 5.96 Å². The number of nitrogens with zero attached hydrogens (tertiary/aromatic N) is 3. The molecule has 1 aliphatic heterocycles. The van der Waals surface area contributed by atoms with Gasteiger partial charge in [0, 0.05) is 45.7 Å². The maximum atomic E-state index is 5.76. The van der Waals surface area contributed by atoms with Crippen molar-refractivity contribution in [3.8, 4) is 0 Å². The third kappa shape index (κ3) is 3.96. The smallest absolute Gasteiger partial charge is 0.191 e. The Labute approximate surface area is 120 Å². The van der Waals surface area contributed by atoms with Gasteiger partial charge in [0.2, 0.25) is 0 Å². The lowest BCUT2D eigenvalue weighted by Crippen LogP contribution is -2.46. The van der Waals surface area contributed by atoms with E-state index in [2.05, 4.69) is 32.1 Å². The predicted molar refractivity (Wildman–Crippen MR) is 79.9 cm³/mol. The molecule has 1 saturated heterocycles. The van der Waals surface area contributed by atoms with E-state index < -0.39 is 0 Å². The summed E-state index contributed by atoms with van der Waals surface area (Å²) in [5, 5.41) is 6.65. The van der Waals surface area contributed by atoms with Gasteiger partial charge in [-0.15, -0.1) is 0 Å². The Morgan fingerprint density at radius 1 is 1.55 bits per heavy atom. The summed E-state index contributed by atoms with van der Waals surface area (Å²) in [7, 11) is 1.79. The van der Waals surface area contributed by atoms with Crippen LogP contribution in [0.2, 0.25) is 0 Å². The Kier molecular flexibility index (Phi) is 5.00. The van der Waals surface area contributed by atoms with E-state index in [9.17, 15) is 0 Å². The van der Waals surface area contributed by atoms with Crippen LogP contribution in [0.25, 0.3) is 0 Å². The first-order valence-corrected chi connectivity index (χ1v) is 7.19. The molecule has 0 spiro atoms. The van der Waals surface area contributed by atoms with E-state index in [1.807, 2.05) is 19.3 Å². The van der Waals surface area contributed by atoms with E-state index in [1.165, 1.54) is 0 Å². The van der Waals surface area contributed by atoms with E-state index in [4.69, 9.17) is 4.74 Å². The Bertz CT molecular complexity index is 448. The molecule has 0 radical (unpaired) electrons. The maximum Gasteiger partial charge on any atom is 0.191 e. The third-order valence-corrected chi connectivity index (χ3v) is 3.72. The summed E-state index contributed by atoms with van der Waals surface area (Å²) in [5.41, 5.74) is -0.0570. The molecule has 2 N–H and O–H groups in total. The van der Waals surface area contributed by atoms with Crippen molar-refractivity contribution in [3.05, 3.63) is 18.2 Å². The van der Waals surface area contributed by atoms with Gasteiger partial charge in [-0.1, -0.05) is 0 Å². The van der Waals surface area contributed by atoms with Gasteiger partial charge in [0.05, 0.1) is 5.60 Å². The van der Waals surface area contributed by atoms with Crippen molar-refractivity contribution in [1.82, 2.24) is 20.2 Å². The lowest BCUT2D eigenvalue weighted by Gasteiger charge is -2.24. The largest absolute Gasteiger partial charge is 0.373 e. The molecule has 0 bridgehead atoms. The van der Waals surface area contributed by atoms with E-state index in [0.717, 1.165) is 50.9 Å². The number of aromatic nitrogens is 2. The molecule has 1 aliphatic rings. The van der Waals surface area contributed by atoms with E-state index >= 15 is 0 Å². The van der Waals surface area contributed by atoms with Crippen LogP contribution in [0, 0.1) is 6.92 Å². The highest BCUT2D eigenvalue weighted by molar-refractivity contribution is 5.79. The standard InChI is InChI=1S/C14H25N5O/c1-12-16-6-8-19(12)9-7-17-13(15-3)18-11-14(2)5-4-10-20-14/h6,8H,4-5,7,9-11H2,1-3H3,(H2,15,17,18). The van der Waals surface area contributed by atoms with Crippen molar-refractivity contribution in [2.24, 2.45) is 4.99 Å². The van der Waals surface area contributed by atoms with E-state index in [-0.39, 0.29) is 5.60 Å². The number of aliphatic imine (C=N–C) groups is 1. The first-order valence-electron chi connectivity index (χ1n) is 7.19. The Hall–Kier alpha value is -1.56. The lowest BCUT2D eigenvalue weighted by atomic mass is 10.0. The summed E-state index contributed by atoms with van der Waals surface area (Å²) < 4.78 is 7.87. The van der Waals surface area contributed by atoms with Crippen LogP contribution in [-0.2, 0) is 11.3 Å². The fourth-order valence-electron chi connectivity index (χ4n) is 2.40. The summed E-state index contributed by atoms with van der Waals surface area (Å²) in [4.78, 5) is 8.44. The molecular formula is C14H25N5O. The normalized spacial score (nSPS) is 23.1. The molecule has 6 nitrogen and oxygen atoms in total. The van der Waals surface area contributed by atoms with E-state index in [0.29, 0.717) is 0 Å². The monoisotopic (exact) mass is 279 g/mol. The number of guanidine groups is 1. The SMILES string of the molecule is CN=C(NCCn1ccnc1C)NCC1(C)CCCO1. The zero-order valence-electron chi connectivity index (χ0n) is 12.6. The summed E-state index contributed by atoms with van der Waals surface area (Å²) in [6, 6.07) is 0. The molecule has 1 aromatic heterocycles. The topological polar surface area (TPSA) is 63.5 Å². The zero-order valence-corrected chi connectivity index (χ0v) is 12.6. The molecular weight excluding hydrogens is 254 g/mol. The minimum atomic E-state index is -0.0570. The highest BCUT2D eigenvalue weighted by Gasteiger charge is 2.29. The molecule has 1 fully saturated rings. The molecule has 2 heterocycles. The maximum absolute atomic E-state index is 5.76. The van der Waals surface area contributed by atoms with Crippen LogP contribution >= 0.6 is 0 Å². The van der Waals surface area contributed by atoms with Crippen LogP contribution < -0.4 is 10.6 Å². The highest BCUT2D eigenvalue weighted by Crippen LogP contribution is 2.23. The van der Waals surface area contributed by atoms with Crippen LogP contribution in [-0.4, -0.2) is 47.9 Å². The fraction of sp³-hybridized carbons (Fsp3) is 0.714. The fourth-order valence-corrected chi connectivity index (χ4v) is 2.40. The molecule has 1 aromatic rings. The van der Waals surface area contributed by atoms with E-state index in [1.54, 1.807) is 7.05 Å². The number of imidazole rings is 1. The zero-order chi connectivity index (χ0) is 14.4. The Morgan fingerprint density at radius 2 is 2.40 bits per heavy atom. The van der Waals surface area contributed by atoms with Crippen molar-refractivity contribution in [2.75, 3.05) is 26.7 Å². The molecule has 20 heavy (non-hydrogen) atoms. The minimum Gasteiger partial charge on any atom is -0.373 e. The van der Waals surface area contributed by atoms with Crippen molar-refractivity contribution in [2.45, 2.75) is 38.8 Å². The molecule has 1 unspecified atom stereocenters. The number of hydrogen-bond acceptors (Lipinski definition) is 3. The van der Waals surface area contributed by atoms with Crippen LogP contribution in [0.3, 0.4) is 0 Å². The first-order chi connectivity index (χ1) is 9.63. The van der Waals surface area contributed by atoms with Gasteiger partial charge < -0.3 is 19.9 Å². The highest BCUT2D eigenvalue weighted by atomic mass is 16.5. The second-order valence-corrected chi connectivity index (χ2v) is 5.42. The molecule has 0 aliphatic carbocycles. The summed E-state index contributed by atoms with van der Waals surface area (Å²) >= 11 is 0. The Balaban J connectivity index is 1.71. The van der Waals surface area contributed by atoms with Crippen LogP contribution in [0.15, 0.2) is 17.4 Å². The quantitative estimate of drug-likeness (QED) is 0.621.